The standard InChI is InChI=1S/C57H58N3O.Pt/c1-35(2)41-31-49(36(3)4)54(61)50(32-41)55-59-53-48(18-15-19-52(53)60(55)47-30-42(38-16-13-12-14-17-38)27-46(34-47)57(9,10)11)43-26-44(29-45(28-43)56(6,7)8)51-33-40(24-25-58-51)39-22-20-37(5)21-23-39;/h12-25,27-36,61H,1-11H3;/q-1;. The van der Waals surface area contributed by atoms with Crippen molar-refractivity contribution >= 4 is 11.0 Å². The van der Waals surface area contributed by atoms with E-state index in [2.05, 4.69) is 214 Å². The third-order valence-corrected chi connectivity index (χ3v) is 12.0. The second-order valence-corrected chi connectivity index (χ2v) is 19.4. The van der Waals surface area contributed by atoms with Gasteiger partial charge in [-0.2, -0.15) is 0 Å². The molecule has 2 aromatic heterocycles. The van der Waals surface area contributed by atoms with Gasteiger partial charge in [0.1, 0.15) is 11.6 Å². The maximum atomic E-state index is 12.3. The van der Waals surface area contributed by atoms with Gasteiger partial charge in [0.2, 0.25) is 0 Å². The molecular weight excluding hydrogens is 938 g/mol. The van der Waals surface area contributed by atoms with E-state index in [0.29, 0.717) is 5.82 Å². The van der Waals surface area contributed by atoms with Crippen molar-refractivity contribution < 1.29 is 26.2 Å². The predicted molar refractivity (Wildman–Crippen MR) is 257 cm³/mol. The van der Waals surface area contributed by atoms with Crippen LogP contribution in [-0.2, 0) is 31.9 Å². The molecule has 0 saturated heterocycles. The number of imidazole rings is 1. The van der Waals surface area contributed by atoms with Crippen molar-refractivity contribution in [3.8, 4) is 67.5 Å². The Morgan fingerprint density at radius 3 is 1.92 bits per heavy atom. The van der Waals surface area contributed by atoms with Gasteiger partial charge in [-0.1, -0.05) is 171 Å². The molecule has 0 bridgehead atoms. The van der Waals surface area contributed by atoms with E-state index in [4.69, 9.17) is 9.97 Å². The second-order valence-electron chi connectivity index (χ2n) is 19.4. The van der Waals surface area contributed by atoms with Crippen LogP contribution in [0.4, 0.5) is 0 Å². The van der Waals surface area contributed by atoms with Crippen molar-refractivity contribution in [1.82, 2.24) is 14.5 Å². The summed E-state index contributed by atoms with van der Waals surface area (Å²) in [6, 6.07) is 49.5. The van der Waals surface area contributed by atoms with E-state index < -0.39 is 0 Å². The summed E-state index contributed by atoms with van der Waals surface area (Å²) in [5.74, 6) is 1.35. The van der Waals surface area contributed by atoms with Crippen molar-refractivity contribution in [1.29, 1.82) is 0 Å². The van der Waals surface area contributed by atoms with Crippen LogP contribution in [0, 0.1) is 13.0 Å². The number of nitrogens with zero attached hydrogens (tertiary/aromatic N) is 3. The smallest absolute Gasteiger partial charge is 0.148 e. The van der Waals surface area contributed by atoms with E-state index in [-0.39, 0.29) is 49.5 Å². The normalized spacial score (nSPS) is 12.0. The van der Waals surface area contributed by atoms with Crippen LogP contribution in [0.1, 0.15) is 109 Å². The van der Waals surface area contributed by atoms with Crippen molar-refractivity contribution in [3.05, 3.63) is 167 Å². The van der Waals surface area contributed by atoms with Crippen LogP contribution in [0.25, 0.3) is 72.7 Å². The maximum Gasteiger partial charge on any atom is 0.148 e. The minimum atomic E-state index is -0.150. The minimum Gasteiger partial charge on any atom is -0.507 e. The van der Waals surface area contributed by atoms with Crippen LogP contribution in [0.5, 0.6) is 5.75 Å². The number of phenolic OH excluding ortho intramolecular Hbond substituents is 1. The van der Waals surface area contributed by atoms with Crippen molar-refractivity contribution in [2.75, 3.05) is 0 Å². The summed E-state index contributed by atoms with van der Waals surface area (Å²) in [5.41, 5.74) is 17.2. The molecule has 4 nitrogen and oxygen atoms in total. The van der Waals surface area contributed by atoms with Gasteiger partial charge in [-0.05, 0) is 98.9 Å². The molecule has 2 heterocycles. The molecule has 0 unspecified atom stereocenters. The van der Waals surface area contributed by atoms with E-state index >= 15 is 0 Å². The van der Waals surface area contributed by atoms with E-state index in [0.717, 1.165) is 72.5 Å². The fourth-order valence-corrected chi connectivity index (χ4v) is 8.14. The van der Waals surface area contributed by atoms with Gasteiger partial charge < -0.3 is 5.11 Å². The molecule has 8 aromatic rings. The fraction of sp³-hybridized carbons (Fsp3) is 0.263. The van der Waals surface area contributed by atoms with Crippen molar-refractivity contribution in [3.63, 3.8) is 0 Å². The fourth-order valence-electron chi connectivity index (χ4n) is 8.14. The number of pyridine rings is 1. The van der Waals surface area contributed by atoms with Gasteiger partial charge in [0.25, 0.3) is 0 Å². The number of fused-ring (bicyclic) bond motifs is 1. The monoisotopic (exact) mass is 995 g/mol. The first-order valence-electron chi connectivity index (χ1n) is 21.7. The number of rotatable bonds is 8. The Morgan fingerprint density at radius 1 is 0.597 bits per heavy atom. The summed E-state index contributed by atoms with van der Waals surface area (Å²) in [4.78, 5) is 10.5. The van der Waals surface area contributed by atoms with Crippen LogP contribution in [0.2, 0.25) is 0 Å². The predicted octanol–water partition coefficient (Wildman–Crippen LogP) is 15.4. The second kappa shape index (κ2) is 17.3. The molecule has 6 aromatic carbocycles. The summed E-state index contributed by atoms with van der Waals surface area (Å²) in [6.07, 6.45) is 1.90. The first-order valence-corrected chi connectivity index (χ1v) is 21.7. The Bertz CT molecular complexity index is 2890. The molecule has 0 fully saturated rings. The van der Waals surface area contributed by atoms with Crippen LogP contribution < -0.4 is 0 Å². The zero-order valence-corrected chi connectivity index (χ0v) is 40.2. The van der Waals surface area contributed by atoms with Gasteiger partial charge >= 0.3 is 0 Å². The van der Waals surface area contributed by atoms with E-state index in [1.807, 2.05) is 6.20 Å². The molecule has 8 rings (SSSR count). The SMILES string of the molecule is Cc1ccc(-c2ccnc(-c3[c-]c(-c4cccc5c4nc(-c4cc(C(C)C)cc(C(C)C)c4O)n5-c4cc(-c5ccccc5)cc(C(C)(C)C)c4)cc(C(C)(C)C)c3)c2)cc1.[Pt]. The number of aryl methyl sites for hydroxylation is 1. The molecule has 0 amide bonds. The quantitative estimate of drug-likeness (QED) is 0.154. The number of aromatic nitrogens is 3. The molecular formula is C57H58N3OPt-. The summed E-state index contributed by atoms with van der Waals surface area (Å²) in [6.45, 7) is 24.4. The molecule has 1 N–H and O–H groups in total. The number of benzene rings is 6. The van der Waals surface area contributed by atoms with Crippen LogP contribution in [-0.4, -0.2) is 19.6 Å². The first-order chi connectivity index (χ1) is 29.0. The molecule has 0 atom stereocenters. The summed E-state index contributed by atoms with van der Waals surface area (Å²) < 4.78 is 2.27. The number of aromatic hydroxyl groups is 1. The molecule has 318 valence electrons. The zero-order valence-electron chi connectivity index (χ0n) is 38.0. The third-order valence-electron chi connectivity index (χ3n) is 12.0. The van der Waals surface area contributed by atoms with E-state index in [9.17, 15) is 5.11 Å². The number of para-hydroxylation sites is 1. The number of hydrogen-bond donors (Lipinski definition) is 1. The summed E-state index contributed by atoms with van der Waals surface area (Å²) >= 11 is 0. The minimum absolute atomic E-state index is 0. The van der Waals surface area contributed by atoms with Crippen molar-refractivity contribution in [2.24, 2.45) is 0 Å². The molecule has 0 aliphatic rings. The van der Waals surface area contributed by atoms with E-state index in [1.54, 1.807) is 0 Å². The van der Waals surface area contributed by atoms with Gasteiger partial charge in [0, 0.05) is 38.6 Å². The Hall–Kier alpha value is -5.57. The molecule has 5 heteroatoms. The molecule has 0 saturated carbocycles. The Morgan fingerprint density at radius 2 is 1.26 bits per heavy atom. The van der Waals surface area contributed by atoms with Crippen LogP contribution in [0.3, 0.4) is 0 Å². The molecule has 0 spiro atoms. The zero-order chi connectivity index (χ0) is 43.4. The maximum absolute atomic E-state index is 12.3. The van der Waals surface area contributed by atoms with E-state index in [1.165, 1.54) is 22.3 Å². The molecule has 62 heavy (non-hydrogen) atoms. The van der Waals surface area contributed by atoms with Gasteiger partial charge in [0.05, 0.1) is 16.6 Å². The number of hydrogen-bond acceptors (Lipinski definition) is 3. The van der Waals surface area contributed by atoms with Crippen molar-refractivity contribution in [2.45, 2.75) is 98.8 Å². The summed E-state index contributed by atoms with van der Waals surface area (Å²) in [5, 5.41) is 12.3. The Balaban J connectivity index is 0.00000578. The van der Waals surface area contributed by atoms with Gasteiger partial charge in [-0.15, -0.1) is 29.3 Å². The third kappa shape index (κ3) is 8.86. The van der Waals surface area contributed by atoms with Gasteiger partial charge in [-0.3, -0.25) is 9.55 Å². The largest absolute Gasteiger partial charge is 0.507 e. The summed E-state index contributed by atoms with van der Waals surface area (Å²) in [7, 11) is 0. The van der Waals surface area contributed by atoms with Gasteiger partial charge in [-0.25, -0.2) is 4.98 Å². The first kappa shape index (κ1) is 44.5. The number of phenols is 1. The van der Waals surface area contributed by atoms with Crippen LogP contribution in [0.15, 0.2) is 134 Å². The Kier molecular flexibility index (Phi) is 12.4. The topological polar surface area (TPSA) is 50.9 Å². The average Bonchev–Trinajstić information content (AvgIpc) is 3.63. The van der Waals surface area contributed by atoms with Crippen LogP contribution >= 0.6 is 0 Å². The molecule has 0 radical (unpaired) electrons. The molecule has 0 aliphatic carbocycles. The average molecular weight is 996 g/mol. The molecule has 0 aliphatic heterocycles. The Labute approximate surface area is 383 Å². The van der Waals surface area contributed by atoms with Gasteiger partial charge in [0.15, 0.2) is 0 Å².